The highest BCUT2D eigenvalue weighted by Gasteiger charge is 2.39. The van der Waals surface area contributed by atoms with E-state index in [1.807, 2.05) is 32.9 Å². The number of carbonyl (C=O) groups excluding carboxylic acids is 1. The van der Waals surface area contributed by atoms with E-state index < -0.39 is 5.60 Å². The summed E-state index contributed by atoms with van der Waals surface area (Å²) in [5.41, 5.74) is 0.302. The maximum absolute atomic E-state index is 12.6. The van der Waals surface area contributed by atoms with Crippen molar-refractivity contribution in [3.8, 4) is 5.75 Å². The van der Waals surface area contributed by atoms with Crippen LogP contribution >= 0.6 is 23.2 Å². The van der Waals surface area contributed by atoms with Crippen LogP contribution in [-0.4, -0.2) is 36.3 Å². The van der Waals surface area contributed by atoms with Crippen LogP contribution in [0.15, 0.2) is 24.8 Å². The summed E-state index contributed by atoms with van der Waals surface area (Å²) in [5.74, 6) is 0.710. The van der Waals surface area contributed by atoms with E-state index in [1.165, 1.54) is 0 Å². The summed E-state index contributed by atoms with van der Waals surface area (Å²) in [7, 11) is 1.60. The van der Waals surface area contributed by atoms with Crippen molar-refractivity contribution in [2.75, 3.05) is 13.7 Å². The molecule has 0 spiro atoms. The number of nitrogens with zero attached hydrogens (tertiary/aromatic N) is 1. The van der Waals surface area contributed by atoms with E-state index in [0.717, 1.165) is 12.0 Å². The van der Waals surface area contributed by atoms with Gasteiger partial charge in [0.15, 0.2) is 0 Å². The van der Waals surface area contributed by atoms with Crippen molar-refractivity contribution < 1.29 is 14.3 Å². The molecule has 1 aromatic rings. The van der Waals surface area contributed by atoms with Crippen molar-refractivity contribution in [2.24, 2.45) is 0 Å². The van der Waals surface area contributed by atoms with Gasteiger partial charge >= 0.3 is 6.09 Å². The molecule has 0 bridgehead atoms. The number of amides is 1. The molecule has 1 fully saturated rings. The van der Waals surface area contributed by atoms with Gasteiger partial charge in [0, 0.05) is 24.1 Å². The Labute approximate surface area is 159 Å². The van der Waals surface area contributed by atoms with Crippen LogP contribution in [0.2, 0.25) is 10.0 Å². The third-order valence-electron chi connectivity index (χ3n) is 4.20. The molecule has 4 nitrogen and oxygen atoms in total. The molecule has 138 valence electrons. The van der Waals surface area contributed by atoms with Crippen molar-refractivity contribution in [1.29, 1.82) is 0 Å². The number of hydrogen-bond donors (Lipinski definition) is 0. The number of ether oxygens (including phenoxy) is 2. The Kier molecular flexibility index (Phi) is 6.28. The normalized spacial score (nSPS) is 20.5. The zero-order chi connectivity index (χ0) is 18.8. The largest absolute Gasteiger partial charge is 0.496 e. The molecular weight excluding hydrogens is 361 g/mol. The van der Waals surface area contributed by atoms with Crippen molar-refractivity contribution in [1.82, 2.24) is 4.90 Å². The molecular formula is C19H25Cl2NO3. The van der Waals surface area contributed by atoms with Crippen LogP contribution in [0.5, 0.6) is 5.75 Å². The smallest absolute Gasteiger partial charge is 0.410 e. The maximum atomic E-state index is 12.6. The highest BCUT2D eigenvalue weighted by atomic mass is 35.5. The lowest BCUT2D eigenvalue weighted by Crippen LogP contribution is -2.39. The van der Waals surface area contributed by atoms with Crippen LogP contribution < -0.4 is 4.74 Å². The molecule has 1 saturated heterocycles. The van der Waals surface area contributed by atoms with E-state index in [0.29, 0.717) is 28.8 Å². The molecule has 1 aromatic carbocycles. The van der Waals surface area contributed by atoms with Gasteiger partial charge in [0.1, 0.15) is 11.4 Å². The van der Waals surface area contributed by atoms with Crippen LogP contribution in [0.4, 0.5) is 4.79 Å². The monoisotopic (exact) mass is 385 g/mol. The van der Waals surface area contributed by atoms with E-state index >= 15 is 0 Å². The van der Waals surface area contributed by atoms with Gasteiger partial charge in [0.05, 0.1) is 17.2 Å². The Hall–Kier alpha value is -1.39. The highest BCUT2D eigenvalue weighted by Crippen LogP contribution is 2.44. The Morgan fingerprint density at radius 1 is 1.40 bits per heavy atom. The Morgan fingerprint density at radius 2 is 2.08 bits per heavy atom. The number of rotatable bonds is 4. The van der Waals surface area contributed by atoms with Crippen molar-refractivity contribution in [3.63, 3.8) is 0 Å². The number of likely N-dealkylation sites (tertiary alicyclic amines) is 1. The molecule has 0 aromatic heterocycles. The average Bonchev–Trinajstić information content (AvgIpc) is 2.92. The summed E-state index contributed by atoms with van der Waals surface area (Å²) >= 11 is 12.6. The summed E-state index contributed by atoms with van der Waals surface area (Å²) in [6.07, 6.45) is 2.94. The fourth-order valence-corrected chi connectivity index (χ4v) is 3.67. The van der Waals surface area contributed by atoms with E-state index in [1.54, 1.807) is 18.1 Å². The second-order valence-corrected chi connectivity index (χ2v) is 8.01. The minimum Gasteiger partial charge on any atom is -0.496 e. The molecule has 25 heavy (non-hydrogen) atoms. The quantitative estimate of drug-likeness (QED) is 0.626. The molecule has 1 aliphatic heterocycles. The lowest BCUT2D eigenvalue weighted by atomic mass is 9.94. The second-order valence-electron chi connectivity index (χ2n) is 7.22. The van der Waals surface area contributed by atoms with E-state index in [2.05, 4.69) is 6.58 Å². The van der Waals surface area contributed by atoms with Gasteiger partial charge in [-0.15, -0.1) is 6.58 Å². The molecule has 0 saturated carbocycles. The number of carbonyl (C=O) groups is 1. The molecule has 0 aliphatic carbocycles. The first-order valence-electron chi connectivity index (χ1n) is 8.30. The lowest BCUT2D eigenvalue weighted by Gasteiger charge is -2.28. The van der Waals surface area contributed by atoms with Crippen LogP contribution in [0.1, 0.15) is 45.1 Å². The SMILES string of the molecule is C=CC[C@@H]1C[C@H](c2c(OC)ccc(Cl)c2Cl)CN1C(=O)OC(C)(C)C. The highest BCUT2D eigenvalue weighted by molar-refractivity contribution is 6.42. The van der Waals surface area contributed by atoms with Gasteiger partial charge in [0.25, 0.3) is 0 Å². The maximum Gasteiger partial charge on any atom is 0.410 e. The second kappa shape index (κ2) is 7.88. The first-order chi connectivity index (χ1) is 11.7. The van der Waals surface area contributed by atoms with Gasteiger partial charge in [-0.05, 0) is 45.7 Å². The fraction of sp³-hybridized carbons (Fsp3) is 0.526. The first-order valence-corrected chi connectivity index (χ1v) is 9.06. The van der Waals surface area contributed by atoms with Gasteiger partial charge in [-0.3, -0.25) is 0 Å². The average molecular weight is 386 g/mol. The Bertz CT molecular complexity index is 655. The minimum absolute atomic E-state index is 0.0112. The van der Waals surface area contributed by atoms with E-state index in [4.69, 9.17) is 32.7 Å². The number of methoxy groups -OCH3 is 1. The third kappa shape index (κ3) is 4.62. The van der Waals surface area contributed by atoms with Crippen molar-refractivity contribution in [2.45, 2.75) is 51.2 Å². The molecule has 1 aliphatic rings. The Morgan fingerprint density at radius 3 is 2.64 bits per heavy atom. The standard InChI is InChI=1S/C19H25Cl2NO3/c1-6-7-13-10-12(11-22(13)18(23)25-19(2,3)4)16-15(24-5)9-8-14(20)17(16)21/h6,8-9,12-13H,1,7,10-11H2,2-5H3/t12-,13+/m0/s1. The van der Waals surface area contributed by atoms with Gasteiger partial charge in [-0.25, -0.2) is 4.79 Å². The van der Waals surface area contributed by atoms with Crippen LogP contribution in [0, 0.1) is 0 Å². The molecule has 0 radical (unpaired) electrons. The summed E-state index contributed by atoms with van der Waals surface area (Å²) in [4.78, 5) is 14.4. The third-order valence-corrected chi connectivity index (χ3v) is 5.02. The molecule has 1 heterocycles. The number of benzene rings is 1. The zero-order valence-electron chi connectivity index (χ0n) is 15.1. The van der Waals surface area contributed by atoms with Gasteiger partial charge in [-0.2, -0.15) is 0 Å². The fourth-order valence-electron chi connectivity index (χ4n) is 3.19. The molecule has 0 unspecified atom stereocenters. The lowest BCUT2D eigenvalue weighted by molar-refractivity contribution is 0.0226. The van der Waals surface area contributed by atoms with Gasteiger partial charge in [-0.1, -0.05) is 29.3 Å². The zero-order valence-corrected chi connectivity index (χ0v) is 16.7. The molecule has 2 rings (SSSR count). The predicted octanol–water partition coefficient (Wildman–Crippen LogP) is 5.67. The summed E-state index contributed by atoms with van der Waals surface area (Å²) in [5, 5.41) is 0.961. The Balaban J connectivity index is 2.32. The predicted molar refractivity (Wildman–Crippen MR) is 102 cm³/mol. The first kappa shape index (κ1) is 19.9. The van der Waals surface area contributed by atoms with Gasteiger partial charge < -0.3 is 14.4 Å². The summed E-state index contributed by atoms with van der Waals surface area (Å²) in [6, 6.07) is 3.54. The molecule has 0 N–H and O–H groups in total. The molecule has 1 amide bonds. The topological polar surface area (TPSA) is 38.8 Å². The molecule has 2 atom stereocenters. The van der Waals surface area contributed by atoms with Crippen molar-refractivity contribution in [3.05, 3.63) is 40.4 Å². The van der Waals surface area contributed by atoms with E-state index in [9.17, 15) is 4.79 Å². The van der Waals surface area contributed by atoms with Crippen LogP contribution in [0.25, 0.3) is 0 Å². The van der Waals surface area contributed by atoms with Crippen molar-refractivity contribution >= 4 is 29.3 Å². The summed E-state index contributed by atoms with van der Waals surface area (Å²) < 4.78 is 11.0. The van der Waals surface area contributed by atoms with E-state index in [-0.39, 0.29) is 18.1 Å². The molecule has 6 heteroatoms. The minimum atomic E-state index is -0.542. The van der Waals surface area contributed by atoms with Crippen LogP contribution in [-0.2, 0) is 4.74 Å². The number of halogens is 2. The summed E-state index contributed by atoms with van der Waals surface area (Å²) in [6.45, 7) is 9.89. The van der Waals surface area contributed by atoms with Crippen LogP contribution in [0.3, 0.4) is 0 Å². The van der Waals surface area contributed by atoms with Gasteiger partial charge in [0.2, 0.25) is 0 Å². The number of hydrogen-bond acceptors (Lipinski definition) is 3.